The number of carboxylic acid groups (broad SMARTS) is 1. The summed E-state index contributed by atoms with van der Waals surface area (Å²) in [4.78, 5) is 10.3. The molecule has 0 spiro atoms. The van der Waals surface area contributed by atoms with Crippen LogP contribution in [-0.2, 0) is 4.79 Å². The van der Waals surface area contributed by atoms with E-state index in [1.807, 2.05) is 0 Å². The number of hydrogen-bond donors (Lipinski definition) is 1. The minimum atomic E-state index is -1.19. The number of hydrogen-bond acceptors (Lipinski definition) is 2. The molecular formula is C13H10F2N2O2. The Labute approximate surface area is 107 Å². The highest BCUT2D eigenvalue weighted by molar-refractivity contribution is 5.85. The maximum atomic E-state index is 13.8. The van der Waals surface area contributed by atoms with Crippen molar-refractivity contribution >= 4 is 12.0 Å². The summed E-state index contributed by atoms with van der Waals surface area (Å²) >= 11 is 0. The van der Waals surface area contributed by atoms with Gasteiger partial charge in [-0.2, -0.15) is 5.10 Å². The van der Waals surface area contributed by atoms with Gasteiger partial charge in [0.25, 0.3) is 0 Å². The molecule has 0 fully saturated rings. The van der Waals surface area contributed by atoms with Gasteiger partial charge in [0.1, 0.15) is 5.69 Å². The Morgan fingerprint density at radius 2 is 2.00 bits per heavy atom. The highest BCUT2D eigenvalue weighted by Gasteiger charge is 2.13. The SMILES string of the molecule is Cc1cnn(-c2c(F)cc(C=CC(=O)O)cc2F)c1. The maximum Gasteiger partial charge on any atom is 0.328 e. The van der Waals surface area contributed by atoms with Crippen LogP contribution in [0.4, 0.5) is 8.78 Å². The van der Waals surface area contributed by atoms with Crippen molar-refractivity contribution in [2.75, 3.05) is 0 Å². The molecule has 6 heteroatoms. The first-order valence-electron chi connectivity index (χ1n) is 5.39. The molecule has 0 saturated heterocycles. The van der Waals surface area contributed by atoms with Crippen molar-refractivity contribution in [1.82, 2.24) is 9.78 Å². The Hall–Kier alpha value is -2.50. The van der Waals surface area contributed by atoms with Crippen molar-refractivity contribution in [3.8, 4) is 5.69 Å². The summed E-state index contributed by atoms with van der Waals surface area (Å²) in [6, 6.07) is 2.10. The highest BCUT2D eigenvalue weighted by Crippen LogP contribution is 2.20. The summed E-state index contributed by atoms with van der Waals surface area (Å²) in [5, 5.41) is 12.3. The van der Waals surface area contributed by atoms with Crippen LogP contribution >= 0.6 is 0 Å². The van der Waals surface area contributed by atoms with Crippen molar-refractivity contribution < 1.29 is 18.7 Å². The number of aromatic nitrogens is 2. The van der Waals surface area contributed by atoms with Crippen LogP contribution in [0.3, 0.4) is 0 Å². The van der Waals surface area contributed by atoms with Gasteiger partial charge < -0.3 is 5.11 Å². The lowest BCUT2D eigenvalue weighted by atomic mass is 10.1. The number of nitrogens with zero attached hydrogens (tertiary/aromatic N) is 2. The average Bonchev–Trinajstić information content (AvgIpc) is 2.72. The molecule has 1 aromatic carbocycles. The summed E-state index contributed by atoms with van der Waals surface area (Å²) in [6.45, 7) is 1.75. The van der Waals surface area contributed by atoms with Gasteiger partial charge in [-0.1, -0.05) is 0 Å². The molecule has 19 heavy (non-hydrogen) atoms. The van der Waals surface area contributed by atoms with Crippen LogP contribution in [0.25, 0.3) is 11.8 Å². The molecular weight excluding hydrogens is 254 g/mol. The Bertz CT molecular complexity index is 639. The molecule has 98 valence electrons. The molecule has 1 N–H and O–H groups in total. The van der Waals surface area contributed by atoms with Gasteiger partial charge in [0.05, 0.1) is 6.20 Å². The van der Waals surface area contributed by atoms with Gasteiger partial charge >= 0.3 is 5.97 Å². The molecule has 0 radical (unpaired) electrons. The minimum absolute atomic E-state index is 0.130. The predicted octanol–water partition coefficient (Wildman–Crippen LogP) is 2.56. The Balaban J connectivity index is 2.46. The van der Waals surface area contributed by atoms with Crippen molar-refractivity contribution in [3.05, 3.63) is 53.4 Å². The second-order valence-corrected chi connectivity index (χ2v) is 3.97. The lowest BCUT2D eigenvalue weighted by molar-refractivity contribution is -0.131. The van der Waals surface area contributed by atoms with Crippen molar-refractivity contribution in [3.63, 3.8) is 0 Å². The monoisotopic (exact) mass is 264 g/mol. The summed E-state index contributed by atoms with van der Waals surface area (Å²) in [7, 11) is 0. The third kappa shape index (κ3) is 2.85. The molecule has 0 unspecified atom stereocenters. The van der Waals surface area contributed by atoms with Crippen LogP contribution in [0.2, 0.25) is 0 Å². The molecule has 2 rings (SSSR count). The largest absolute Gasteiger partial charge is 0.478 e. The molecule has 0 aliphatic carbocycles. The maximum absolute atomic E-state index is 13.8. The van der Waals surface area contributed by atoms with Crippen LogP contribution in [0.5, 0.6) is 0 Å². The fourth-order valence-corrected chi connectivity index (χ4v) is 1.60. The molecule has 0 atom stereocenters. The second-order valence-electron chi connectivity index (χ2n) is 3.97. The minimum Gasteiger partial charge on any atom is -0.478 e. The van der Waals surface area contributed by atoms with Gasteiger partial charge in [0.2, 0.25) is 0 Å². The first-order chi connectivity index (χ1) is 8.97. The summed E-state index contributed by atoms with van der Waals surface area (Å²) < 4.78 is 28.8. The first-order valence-corrected chi connectivity index (χ1v) is 5.39. The first kappa shape index (κ1) is 12.9. The lowest BCUT2D eigenvalue weighted by Gasteiger charge is -2.06. The van der Waals surface area contributed by atoms with Crippen molar-refractivity contribution in [2.45, 2.75) is 6.92 Å². The standard InChI is InChI=1S/C13H10F2N2O2/c1-8-6-16-17(7-8)13-10(14)4-9(5-11(13)15)2-3-12(18)19/h2-7H,1H3,(H,18,19). The van der Waals surface area contributed by atoms with E-state index in [2.05, 4.69) is 5.10 Å². The smallest absolute Gasteiger partial charge is 0.328 e. The number of carbonyl (C=O) groups is 1. The normalized spacial score (nSPS) is 11.1. The number of aliphatic carboxylic acids is 1. The van der Waals surface area contributed by atoms with E-state index in [1.54, 1.807) is 6.92 Å². The third-order valence-electron chi connectivity index (χ3n) is 2.40. The van der Waals surface area contributed by atoms with Crippen LogP contribution in [-0.4, -0.2) is 20.9 Å². The van der Waals surface area contributed by atoms with E-state index in [-0.39, 0.29) is 11.3 Å². The molecule has 1 heterocycles. The molecule has 0 amide bonds. The van der Waals surface area contributed by atoms with Crippen molar-refractivity contribution in [2.24, 2.45) is 0 Å². The molecule has 0 bridgehead atoms. The van der Waals surface area contributed by atoms with E-state index in [0.717, 1.165) is 34.5 Å². The zero-order valence-electron chi connectivity index (χ0n) is 9.97. The topological polar surface area (TPSA) is 55.1 Å². The number of aryl methyl sites for hydroxylation is 1. The van der Waals surface area contributed by atoms with E-state index in [9.17, 15) is 13.6 Å². The van der Waals surface area contributed by atoms with E-state index >= 15 is 0 Å². The van der Waals surface area contributed by atoms with Crippen molar-refractivity contribution in [1.29, 1.82) is 0 Å². The quantitative estimate of drug-likeness (QED) is 0.867. The fraction of sp³-hybridized carbons (Fsp3) is 0.0769. The molecule has 0 saturated carbocycles. The summed E-state index contributed by atoms with van der Waals surface area (Å²) in [5.74, 6) is -2.81. The van der Waals surface area contributed by atoms with E-state index < -0.39 is 17.6 Å². The molecule has 1 aromatic heterocycles. The number of halogens is 2. The number of rotatable bonds is 3. The Morgan fingerprint density at radius 3 is 2.47 bits per heavy atom. The molecule has 0 aliphatic heterocycles. The third-order valence-corrected chi connectivity index (χ3v) is 2.40. The van der Waals surface area contributed by atoms with Gasteiger partial charge in [-0.05, 0) is 36.3 Å². The average molecular weight is 264 g/mol. The van der Waals surface area contributed by atoms with Crippen LogP contribution in [0, 0.1) is 18.6 Å². The second kappa shape index (κ2) is 5.01. The molecule has 0 aliphatic rings. The fourth-order valence-electron chi connectivity index (χ4n) is 1.60. The Kier molecular flexibility index (Phi) is 3.41. The van der Waals surface area contributed by atoms with Crippen LogP contribution in [0.15, 0.2) is 30.6 Å². The number of carboxylic acids is 1. The van der Waals surface area contributed by atoms with Crippen LogP contribution < -0.4 is 0 Å². The van der Waals surface area contributed by atoms with Gasteiger partial charge in [0.15, 0.2) is 11.6 Å². The molecule has 4 nitrogen and oxygen atoms in total. The zero-order valence-corrected chi connectivity index (χ0v) is 9.97. The zero-order chi connectivity index (χ0) is 14.0. The van der Waals surface area contributed by atoms with Crippen LogP contribution in [0.1, 0.15) is 11.1 Å². The van der Waals surface area contributed by atoms with Gasteiger partial charge in [-0.25, -0.2) is 18.3 Å². The predicted molar refractivity (Wildman–Crippen MR) is 64.9 cm³/mol. The van der Waals surface area contributed by atoms with Gasteiger partial charge in [-0.3, -0.25) is 0 Å². The Morgan fingerprint density at radius 1 is 1.37 bits per heavy atom. The highest BCUT2D eigenvalue weighted by atomic mass is 19.1. The van der Waals surface area contributed by atoms with Gasteiger partial charge in [-0.15, -0.1) is 0 Å². The number of benzene rings is 1. The lowest BCUT2D eigenvalue weighted by Crippen LogP contribution is -2.02. The molecule has 2 aromatic rings. The summed E-state index contributed by atoms with van der Waals surface area (Å²) in [6.07, 6.45) is 4.91. The van der Waals surface area contributed by atoms with E-state index in [0.29, 0.717) is 0 Å². The van der Waals surface area contributed by atoms with E-state index in [1.165, 1.54) is 12.4 Å². The summed E-state index contributed by atoms with van der Waals surface area (Å²) in [5.41, 5.74) is 0.610. The van der Waals surface area contributed by atoms with Gasteiger partial charge in [0, 0.05) is 12.3 Å². The van der Waals surface area contributed by atoms with E-state index in [4.69, 9.17) is 5.11 Å².